The van der Waals surface area contributed by atoms with E-state index in [1.807, 2.05) is 0 Å². The van der Waals surface area contributed by atoms with E-state index < -0.39 is 17.1 Å². The Morgan fingerprint density at radius 2 is 2.05 bits per heavy atom. The van der Waals surface area contributed by atoms with E-state index in [9.17, 15) is 14.7 Å². The van der Waals surface area contributed by atoms with Crippen LogP contribution in [0.15, 0.2) is 45.8 Å². The maximum Gasteiger partial charge on any atom is 0.338 e. The molecule has 6 nitrogen and oxygen atoms in total. The minimum atomic E-state index is -0.661. The van der Waals surface area contributed by atoms with Crippen molar-refractivity contribution in [1.29, 1.82) is 0 Å². The topological polar surface area (TPSA) is 97.0 Å². The summed E-state index contributed by atoms with van der Waals surface area (Å²) in [6.45, 7) is -0.246. The van der Waals surface area contributed by atoms with E-state index in [2.05, 4.69) is 0 Å². The summed E-state index contributed by atoms with van der Waals surface area (Å²) in [6.07, 6.45) is 0.875. The maximum atomic E-state index is 11.6. The van der Waals surface area contributed by atoms with Gasteiger partial charge in [0.05, 0.1) is 5.56 Å². The number of esters is 1. The summed E-state index contributed by atoms with van der Waals surface area (Å²) in [6, 6.07) is 6.71. The molecule has 0 amide bonds. The Morgan fingerprint density at radius 3 is 2.74 bits per heavy atom. The predicted molar refractivity (Wildman–Crippen MR) is 63.9 cm³/mol. The molecular formula is C13H10O6. The summed E-state index contributed by atoms with van der Waals surface area (Å²) < 4.78 is 9.77. The monoisotopic (exact) mass is 262 g/mol. The second-order valence-electron chi connectivity index (χ2n) is 3.72. The fourth-order valence-corrected chi connectivity index (χ4v) is 1.37. The first-order valence-electron chi connectivity index (χ1n) is 5.33. The van der Waals surface area contributed by atoms with E-state index in [1.165, 1.54) is 24.3 Å². The lowest BCUT2D eigenvalue weighted by Gasteiger charge is -2.04. The molecule has 1 aromatic heterocycles. The van der Waals surface area contributed by atoms with Crippen molar-refractivity contribution in [3.8, 4) is 11.5 Å². The molecular weight excluding hydrogens is 252 g/mol. The van der Waals surface area contributed by atoms with Crippen molar-refractivity contribution in [2.24, 2.45) is 0 Å². The molecule has 2 aromatic rings. The number of rotatable bonds is 3. The molecule has 6 heteroatoms. The third-order valence-corrected chi connectivity index (χ3v) is 2.29. The fraction of sp³-hybridized carbons (Fsp3) is 0.0769. The van der Waals surface area contributed by atoms with E-state index in [4.69, 9.17) is 14.3 Å². The van der Waals surface area contributed by atoms with Gasteiger partial charge in [0.15, 0.2) is 5.75 Å². The zero-order valence-electron chi connectivity index (χ0n) is 9.70. The molecule has 1 heterocycles. The van der Waals surface area contributed by atoms with Crippen molar-refractivity contribution in [3.63, 3.8) is 0 Å². The molecule has 0 fully saturated rings. The molecule has 0 aliphatic heterocycles. The van der Waals surface area contributed by atoms with Crippen molar-refractivity contribution < 1.29 is 24.2 Å². The third kappa shape index (κ3) is 3.12. The number of hydrogen-bond donors (Lipinski definition) is 2. The highest BCUT2D eigenvalue weighted by atomic mass is 16.5. The molecule has 0 aliphatic carbocycles. The average Bonchev–Trinajstić information content (AvgIpc) is 2.40. The highest BCUT2D eigenvalue weighted by Gasteiger charge is 2.09. The van der Waals surface area contributed by atoms with E-state index >= 15 is 0 Å². The van der Waals surface area contributed by atoms with Gasteiger partial charge in [0, 0.05) is 6.07 Å². The van der Waals surface area contributed by atoms with Gasteiger partial charge in [-0.05, 0) is 18.2 Å². The van der Waals surface area contributed by atoms with Gasteiger partial charge in [-0.2, -0.15) is 0 Å². The quantitative estimate of drug-likeness (QED) is 0.812. The Balaban J connectivity index is 2.04. The van der Waals surface area contributed by atoms with Gasteiger partial charge in [-0.15, -0.1) is 0 Å². The molecule has 2 rings (SSSR count). The van der Waals surface area contributed by atoms with Crippen molar-refractivity contribution in [2.75, 3.05) is 0 Å². The summed E-state index contributed by atoms with van der Waals surface area (Å²) >= 11 is 0. The number of aromatic hydroxyl groups is 2. The molecule has 0 saturated heterocycles. The number of carbonyl (C=O) groups excluding carboxylic acids is 1. The van der Waals surface area contributed by atoms with Crippen LogP contribution in [0.1, 0.15) is 16.1 Å². The minimum absolute atomic E-state index is 0.0504. The van der Waals surface area contributed by atoms with Crippen LogP contribution in [0.25, 0.3) is 0 Å². The number of benzene rings is 1. The van der Waals surface area contributed by atoms with E-state index in [-0.39, 0.29) is 23.7 Å². The summed E-state index contributed by atoms with van der Waals surface area (Å²) in [5.74, 6) is -1.11. The van der Waals surface area contributed by atoms with E-state index in [0.717, 1.165) is 12.3 Å². The number of hydrogen-bond acceptors (Lipinski definition) is 6. The van der Waals surface area contributed by atoms with Gasteiger partial charge in [0.25, 0.3) is 0 Å². The lowest BCUT2D eigenvalue weighted by Crippen LogP contribution is -2.07. The minimum Gasteiger partial charge on any atom is -0.508 e. The van der Waals surface area contributed by atoms with Gasteiger partial charge in [0.1, 0.15) is 24.4 Å². The van der Waals surface area contributed by atoms with Gasteiger partial charge in [0.2, 0.25) is 5.43 Å². The molecule has 0 bridgehead atoms. The Kier molecular flexibility index (Phi) is 3.51. The highest BCUT2D eigenvalue weighted by Crippen LogP contribution is 2.13. The second-order valence-corrected chi connectivity index (χ2v) is 3.72. The zero-order valence-corrected chi connectivity index (χ0v) is 9.70. The van der Waals surface area contributed by atoms with E-state index in [0.29, 0.717) is 0 Å². The summed E-state index contributed by atoms with van der Waals surface area (Å²) in [7, 11) is 0. The van der Waals surface area contributed by atoms with Crippen molar-refractivity contribution in [1.82, 2.24) is 0 Å². The van der Waals surface area contributed by atoms with Crippen LogP contribution in [0, 0.1) is 0 Å². The van der Waals surface area contributed by atoms with Gasteiger partial charge < -0.3 is 19.4 Å². The molecule has 98 valence electrons. The standard InChI is InChI=1S/C13H10O6/c14-9-3-1-2-8(4-9)13(17)19-6-10-5-11(15)12(16)7-18-10/h1-5,7,14,16H,6H2. The summed E-state index contributed by atoms with van der Waals surface area (Å²) in [5.41, 5.74) is -0.434. The first-order valence-corrected chi connectivity index (χ1v) is 5.33. The lowest BCUT2D eigenvalue weighted by atomic mass is 10.2. The van der Waals surface area contributed by atoms with Crippen LogP contribution in [-0.2, 0) is 11.3 Å². The molecule has 1 aromatic carbocycles. The molecule has 0 atom stereocenters. The highest BCUT2D eigenvalue weighted by molar-refractivity contribution is 5.89. The smallest absolute Gasteiger partial charge is 0.338 e. The van der Waals surface area contributed by atoms with Crippen LogP contribution >= 0.6 is 0 Å². The Labute approximate surface area is 107 Å². The maximum absolute atomic E-state index is 11.6. The SMILES string of the molecule is O=C(OCc1cc(=O)c(O)co1)c1cccc(O)c1. The third-order valence-electron chi connectivity index (χ3n) is 2.29. The Bertz CT molecular complexity index is 658. The molecule has 0 radical (unpaired) electrons. The molecule has 0 aliphatic rings. The first-order chi connectivity index (χ1) is 9.06. The fourth-order valence-electron chi connectivity index (χ4n) is 1.37. The van der Waals surface area contributed by atoms with Gasteiger partial charge in [-0.25, -0.2) is 4.79 Å². The van der Waals surface area contributed by atoms with Crippen LogP contribution in [-0.4, -0.2) is 16.2 Å². The van der Waals surface area contributed by atoms with Crippen molar-refractivity contribution in [3.05, 3.63) is 58.1 Å². The Morgan fingerprint density at radius 1 is 1.26 bits per heavy atom. The van der Waals surface area contributed by atoms with Crippen molar-refractivity contribution >= 4 is 5.97 Å². The van der Waals surface area contributed by atoms with Gasteiger partial charge in [-0.1, -0.05) is 6.07 Å². The van der Waals surface area contributed by atoms with Gasteiger partial charge >= 0.3 is 5.97 Å². The first kappa shape index (κ1) is 12.7. The zero-order chi connectivity index (χ0) is 13.8. The van der Waals surface area contributed by atoms with E-state index in [1.54, 1.807) is 0 Å². The normalized spacial score (nSPS) is 10.1. The summed E-state index contributed by atoms with van der Waals surface area (Å²) in [4.78, 5) is 22.7. The van der Waals surface area contributed by atoms with Crippen LogP contribution in [0.4, 0.5) is 0 Å². The Hall–Kier alpha value is -2.76. The molecule has 0 unspecified atom stereocenters. The molecule has 0 saturated carbocycles. The summed E-state index contributed by atoms with van der Waals surface area (Å²) in [5, 5.41) is 18.2. The number of ether oxygens (including phenoxy) is 1. The van der Waals surface area contributed by atoms with Crippen LogP contribution in [0.2, 0.25) is 0 Å². The average molecular weight is 262 g/mol. The lowest BCUT2D eigenvalue weighted by molar-refractivity contribution is 0.0442. The van der Waals surface area contributed by atoms with Crippen LogP contribution in [0.5, 0.6) is 11.5 Å². The molecule has 19 heavy (non-hydrogen) atoms. The number of carbonyl (C=O) groups is 1. The van der Waals surface area contributed by atoms with Gasteiger partial charge in [-0.3, -0.25) is 4.79 Å². The van der Waals surface area contributed by atoms with Crippen molar-refractivity contribution in [2.45, 2.75) is 6.61 Å². The second kappa shape index (κ2) is 5.26. The van der Waals surface area contributed by atoms with Crippen LogP contribution < -0.4 is 5.43 Å². The van der Waals surface area contributed by atoms with Crippen LogP contribution in [0.3, 0.4) is 0 Å². The molecule has 2 N–H and O–H groups in total. The molecule has 0 spiro atoms. The largest absolute Gasteiger partial charge is 0.508 e. The predicted octanol–water partition coefficient (Wildman–Crippen LogP) is 1.41. The number of phenolic OH excluding ortho intramolecular Hbond substituents is 1. The number of phenols is 1.